The zero-order chi connectivity index (χ0) is 27.1. The Morgan fingerprint density at radius 1 is 0.889 bits per heavy atom. The third-order valence-electron chi connectivity index (χ3n) is 5.74. The van der Waals surface area contributed by atoms with Crippen LogP contribution in [0.3, 0.4) is 0 Å². The van der Waals surface area contributed by atoms with Crippen molar-refractivity contribution in [2.45, 2.75) is 70.1 Å². The van der Waals surface area contributed by atoms with Crippen molar-refractivity contribution in [3.8, 4) is 0 Å². The molecule has 0 bridgehead atoms. The van der Waals surface area contributed by atoms with Crippen molar-refractivity contribution in [1.29, 1.82) is 0 Å². The summed E-state index contributed by atoms with van der Waals surface area (Å²) < 4.78 is 0. The minimum atomic E-state index is -1.17. The molecule has 0 saturated carbocycles. The number of carboxylic acid groups (broad SMARTS) is 1. The number of carbonyl (C=O) groups is 4. The fourth-order valence-corrected chi connectivity index (χ4v) is 3.90. The van der Waals surface area contributed by atoms with E-state index in [4.69, 9.17) is 11.5 Å². The first-order valence-corrected chi connectivity index (χ1v) is 13.6. The van der Waals surface area contributed by atoms with Crippen molar-refractivity contribution in [3.05, 3.63) is 35.9 Å². The number of amides is 3. The first kappa shape index (κ1) is 31.4. The summed E-state index contributed by atoms with van der Waals surface area (Å²) in [4.78, 5) is 50.6. The first-order chi connectivity index (χ1) is 17.1. The maximum atomic E-state index is 13.2. The number of benzene rings is 1. The molecule has 0 spiro atoms. The third-order valence-corrected chi connectivity index (χ3v) is 6.39. The number of rotatable bonds is 17. The molecule has 0 heterocycles. The van der Waals surface area contributed by atoms with Crippen molar-refractivity contribution in [2.24, 2.45) is 17.4 Å². The van der Waals surface area contributed by atoms with Gasteiger partial charge in [0.25, 0.3) is 0 Å². The van der Waals surface area contributed by atoms with Gasteiger partial charge in [0.15, 0.2) is 0 Å². The van der Waals surface area contributed by atoms with Gasteiger partial charge in [0.05, 0.1) is 6.04 Å². The maximum Gasteiger partial charge on any atom is 0.326 e. The molecule has 0 radical (unpaired) electrons. The van der Waals surface area contributed by atoms with Crippen LogP contribution in [0.1, 0.15) is 45.1 Å². The van der Waals surface area contributed by atoms with Gasteiger partial charge in [0, 0.05) is 6.42 Å². The predicted octanol–water partition coefficient (Wildman–Crippen LogP) is 0.634. The molecule has 1 aromatic rings. The van der Waals surface area contributed by atoms with Crippen molar-refractivity contribution in [3.63, 3.8) is 0 Å². The molecule has 0 aliphatic heterocycles. The van der Waals surface area contributed by atoms with E-state index in [-0.39, 0.29) is 12.3 Å². The van der Waals surface area contributed by atoms with E-state index in [1.54, 1.807) is 24.3 Å². The Bertz CT molecular complexity index is 839. The van der Waals surface area contributed by atoms with Crippen molar-refractivity contribution < 1.29 is 24.3 Å². The number of carbonyl (C=O) groups excluding carboxylic acids is 3. The third kappa shape index (κ3) is 11.4. The monoisotopic (exact) mass is 523 g/mol. The van der Waals surface area contributed by atoms with Crippen LogP contribution in [-0.2, 0) is 25.6 Å². The van der Waals surface area contributed by atoms with Gasteiger partial charge in [-0.25, -0.2) is 4.79 Å². The number of nitrogens with one attached hydrogen (secondary N) is 3. The van der Waals surface area contributed by atoms with E-state index in [1.807, 2.05) is 26.2 Å². The summed E-state index contributed by atoms with van der Waals surface area (Å²) >= 11 is 1.50. The lowest BCUT2D eigenvalue weighted by Crippen LogP contribution is -2.57. The number of nitrogens with two attached hydrogens (primary N) is 2. The molecule has 4 atom stereocenters. The number of thioether (sulfide) groups is 1. The number of hydrogen-bond acceptors (Lipinski definition) is 7. The highest BCUT2D eigenvalue weighted by atomic mass is 32.2. The predicted molar refractivity (Wildman–Crippen MR) is 142 cm³/mol. The van der Waals surface area contributed by atoms with Crippen LogP contribution in [0.15, 0.2) is 30.3 Å². The number of carboxylic acids is 1. The zero-order valence-corrected chi connectivity index (χ0v) is 22.2. The number of aliphatic carboxylic acids is 1. The molecule has 0 aromatic heterocycles. The molecule has 36 heavy (non-hydrogen) atoms. The van der Waals surface area contributed by atoms with Crippen LogP contribution in [0.2, 0.25) is 0 Å². The lowest BCUT2D eigenvalue weighted by molar-refractivity contribution is -0.142. The number of hydrogen-bond donors (Lipinski definition) is 6. The van der Waals surface area contributed by atoms with Crippen LogP contribution >= 0.6 is 11.8 Å². The summed E-state index contributed by atoms with van der Waals surface area (Å²) in [5.74, 6) is -2.28. The van der Waals surface area contributed by atoms with Crippen LogP contribution in [0.4, 0.5) is 0 Å². The molecular formula is C25H41N5O5S. The Hall–Kier alpha value is -2.63. The normalized spacial score (nSPS) is 14.4. The average Bonchev–Trinajstić information content (AvgIpc) is 2.85. The second-order valence-electron chi connectivity index (χ2n) is 9.05. The summed E-state index contributed by atoms with van der Waals surface area (Å²) in [6.07, 6.45) is 3.89. The Kier molecular flexibility index (Phi) is 14.8. The van der Waals surface area contributed by atoms with E-state index in [0.717, 1.165) is 5.56 Å². The summed E-state index contributed by atoms with van der Waals surface area (Å²) in [6.45, 7) is 4.07. The highest BCUT2D eigenvalue weighted by molar-refractivity contribution is 7.98. The van der Waals surface area contributed by atoms with Crippen molar-refractivity contribution >= 4 is 35.5 Å². The summed E-state index contributed by atoms with van der Waals surface area (Å²) in [6, 6.07) is 5.19. The van der Waals surface area contributed by atoms with Gasteiger partial charge >= 0.3 is 5.97 Å². The van der Waals surface area contributed by atoms with E-state index in [0.29, 0.717) is 38.0 Å². The van der Waals surface area contributed by atoms with Gasteiger partial charge in [-0.15, -0.1) is 0 Å². The zero-order valence-electron chi connectivity index (χ0n) is 21.4. The topological polar surface area (TPSA) is 177 Å². The molecule has 0 aliphatic carbocycles. The molecule has 8 N–H and O–H groups in total. The minimum Gasteiger partial charge on any atom is -0.480 e. The standard InChI is InChI=1S/C25H41N5O5S/c1-16(2)21(27)24(33)29-18(11-7-8-13-26)22(31)28-19(12-14-36-3)23(32)30-20(25(34)35)15-17-9-5-4-6-10-17/h4-6,9-10,16,18-21H,7-8,11-15,26-27H2,1-3H3,(H,28,31)(H,29,33)(H,30,32)(H,34,35). The Morgan fingerprint density at radius 2 is 1.44 bits per heavy atom. The van der Waals surface area contributed by atoms with Gasteiger partial charge in [-0.1, -0.05) is 44.2 Å². The van der Waals surface area contributed by atoms with Gasteiger partial charge in [0.1, 0.15) is 18.1 Å². The van der Waals surface area contributed by atoms with Gasteiger partial charge in [-0.05, 0) is 55.7 Å². The van der Waals surface area contributed by atoms with E-state index in [9.17, 15) is 24.3 Å². The van der Waals surface area contributed by atoms with E-state index in [1.165, 1.54) is 11.8 Å². The fourth-order valence-electron chi connectivity index (χ4n) is 3.43. The first-order valence-electron chi connectivity index (χ1n) is 12.2. The largest absolute Gasteiger partial charge is 0.480 e. The Balaban J connectivity index is 2.98. The molecule has 0 saturated heterocycles. The highest BCUT2D eigenvalue weighted by Gasteiger charge is 2.30. The lowest BCUT2D eigenvalue weighted by Gasteiger charge is -2.26. The van der Waals surface area contributed by atoms with E-state index < -0.39 is 47.9 Å². The van der Waals surface area contributed by atoms with Crippen molar-refractivity contribution in [1.82, 2.24) is 16.0 Å². The van der Waals surface area contributed by atoms with E-state index >= 15 is 0 Å². The molecule has 10 nitrogen and oxygen atoms in total. The van der Waals surface area contributed by atoms with Gasteiger partial charge < -0.3 is 32.5 Å². The maximum absolute atomic E-state index is 13.2. The highest BCUT2D eigenvalue weighted by Crippen LogP contribution is 2.08. The van der Waals surface area contributed by atoms with Crippen molar-refractivity contribution in [2.75, 3.05) is 18.6 Å². The van der Waals surface area contributed by atoms with Gasteiger partial charge in [-0.3, -0.25) is 14.4 Å². The quantitative estimate of drug-likeness (QED) is 0.161. The molecule has 1 rings (SSSR count). The SMILES string of the molecule is CSCCC(NC(=O)C(CCCCN)NC(=O)C(N)C(C)C)C(=O)NC(Cc1ccccc1)C(=O)O. The number of unbranched alkanes of at least 4 members (excludes halogenated alkanes) is 1. The van der Waals surface area contributed by atoms with Crippen LogP contribution < -0.4 is 27.4 Å². The summed E-state index contributed by atoms with van der Waals surface area (Å²) in [5, 5.41) is 17.6. The smallest absolute Gasteiger partial charge is 0.326 e. The minimum absolute atomic E-state index is 0.107. The van der Waals surface area contributed by atoms with Gasteiger partial charge in [0.2, 0.25) is 17.7 Å². The van der Waals surface area contributed by atoms with Crippen LogP contribution in [0, 0.1) is 5.92 Å². The molecule has 11 heteroatoms. The molecule has 202 valence electrons. The molecule has 3 amide bonds. The second kappa shape index (κ2) is 16.9. The molecule has 0 fully saturated rings. The summed E-state index contributed by atoms with van der Waals surface area (Å²) in [5.41, 5.74) is 12.3. The Morgan fingerprint density at radius 3 is 1.97 bits per heavy atom. The van der Waals surface area contributed by atoms with Crippen LogP contribution in [0.5, 0.6) is 0 Å². The summed E-state index contributed by atoms with van der Waals surface area (Å²) in [7, 11) is 0. The molecular weight excluding hydrogens is 482 g/mol. The van der Waals surface area contributed by atoms with E-state index in [2.05, 4.69) is 16.0 Å². The lowest BCUT2D eigenvalue weighted by atomic mass is 10.0. The molecule has 0 aliphatic rings. The fraction of sp³-hybridized carbons (Fsp3) is 0.600. The average molecular weight is 524 g/mol. The molecule has 4 unspecified atom stereocenters. The van der Waals surface area contributed by atoms with Gasteiger partial charge in [-0.2, -0.15) is 11.8 Å². The van der Waals surface area contributed by atoms with Crippen LogP contribution in [0.25, 0.3) is 0 Å². The second-order valence-corrected chi connectivity index (χ2v) is 10.0. The Labute approximate surface area is 217 Å². The molecule has 1 aromatic carbocycles. The van der Waals surface area contributed by atoms with Crippen LogP contribution in [-0.4, -0.2) is 71.5 Å².